The second-order valence-electron chi connectivity index (χ2n) is 5.27. The lowest BCUT2D eigenvalue weighted by Crippen LogP contribution is -2.44. The highest BCUT2D eigenvalue weighted by atomic mass is 16.5. The van der Waals surface area contributed by atoms with Gasteiger partial charge in [0, 0.05) is 24.8 Å². The van der Waals surface area contributed by atoms with E-state index in [1.165, 1.54) is 7.11 Å². The van der Waals surface area contributed by atoms with Gasteiger partial charge in [0.2, 0.25) is 0 Å². The predicted molar refractivity (Wildman–Crippen MR) is 80.3 cm³/mol. The Labute approximate surface area is 124 Å². The maximum atomic E-state index is 11.6. The average molecular weight is 291 g/mol. The van der Waals surface area contributed by atoms with Crippen LogP contribution in [-0.4, -0.2) is 43.1 Å². The van der Waals surface area contributed by atoms with Crippen LogP contribution in [0.3, 0.4) is 0 Å². The third kappa shape index (κ3) is 3.65. The number of ether oxygens (including phenoxy) is 1. The van der Waals surface area contributed by atoms with Gasteiger partial charge in [0.1, 0.15) is 0 Å². The van der Waals surface area contributed by atoms with Crippen LogP contribution in [0, 0.1) is 6.92 Å². The summed E-state index contributed by atoms with van der Waals surface area (Å²) in [4.78, 5) is 24.3. The van der Waals surface area contributed by atoms with Crippen molar-refractivity contribution in [3.63, 3.8) is 0 Å². The van der Waals surface area contributed by atoms with Gasteiger partial charge in [-0.1, -0.05) is 6.07 Å². The summed E-state index contributed by atoms with van der Waals surface area (Å²) in [5.74, 6) is -0.346. The Bertz CT molecular complexity index is 537. The Balaban J connectivity index is 2.03. The Morgan fingerprint density at radius 2 is 2.00 bits per heavy atom. The van der Waals surface area contributed by atoms with Crippen molar-refractivity contribution < 1.29 is 14.3 Å². The molecular weight excluding hydrogens is 270 g/mol. The molecule has 1 aromatic carbocycles. The smallest absolute Gasteiger partial charge is 0.337 e. The molecule has 0 aliphatic carbocycles. The lowest BCUT2D eigenvalue weighted by Gasteiger charge is -2.32. The first kappa shape index (κ1) is 15.2. The van der Waals surface area contributed by atoms with Gasteiger partial charge in [-0.25, -0.2) is 9.59 Å². The van der Waals surface area contributed by atoms with Gasteiger partial charge in [-0.15, -0.1) is 0 Å². The molecule has 0 unspecified atom stereocenters. The van der Waals surface area contributed by atoms with Crippen molar-refractivity contribution in [1.29, 1.82) is 0 Å². The summed E-state index contributed by atoms with van der Waals surface area (Å²) in [6, 6.07) is 5.36. The van der Waals surface area contributed by atoms with Gasteiger partial charge in [0.05, 0.1) is 12.7 Å². The van der Waals surface area contributed by atoms with E-state index in [9.17, 15) is 9.59 Å². The highest BCUT2D eigenvalue weighted by molar-refractivity contribution is 5.90. The molecule has 114 valence electrons. The average Bonchev–Trinajstić information content (AvgIpc) is 2.49. The molecule has 0 aromatic heterocycles. The van der Waals surface area contributed by atoms with Gasteiger partial charge < -0.3 is 20.7 Å². The molecule has 6 heteroatoms. The van der Waals surface area contributed by atoms with E-state index < -0.39 is 0 Å². The molecule has 6 nitrogen and oxygen atoms in total. The van der Waals surface area contributed by atoms with Crippen LogP contribution < -0.4 is 11.1 Å². The van der Waals surface area contributed by atoms with Gasteiger partial charge in [-0.05, 0) is 37.5 Å². The van der Waals surface area contributed by atoms with E-state index in [1.54, 1.807) is 11.0 Å². The first-order chi connectivity index (χ1) is 10.0. The second kappa shape index (κ2) is 6.47. The van der Waals surface area contributed by atoms with Crippen LogP contribution in [-0.2, 0) is 4.74 Å². The number of aryl methyl sites for hydroxylation is 1. The Morgan fingerprint density at radius 3 is 2.57 bits per heavy atom. The fourth-order valence-corrected chi connectivity index (χ4v) is 2.49. The number of hydrogen-bond donors (Lipinski definition) is 2. The van der Waals surface area contributed by atoms with Crippen molar-refractivity contribution in [2.75, 3.05) is 25.5 Å². The molecule has 21 heavy (non-hydrogen) atoms. The SMILES string of the molecule is COC(=O)c1ccc(C)c(NC2CCN(C(N)=O)CC2)c1. The summed E-state index contributed by atoms with van der Waals surface area (Å²) in [7, 11) is 1.37. The number of urea groups is 1. The van der Waals surface area contributed by atoms with Crippen molar-refractivity contribution >= 4 is 17.7 Å². The number of hydrogen-bond acceptors (Lipinski definition) is 4. The fraction of sp³-hybridized carbons (Fsp3) is 0.467. The lowest BCUT2D eigenvalue weighted by atomic mass is 10.0. The monoisotopic (exact) mass is 291 g/mol. The molecule has 0 bridgehead atoms. The number of carbonyl (C=O) groups is 2. The summed E-state index contributed by atoms with van der Waals surface area (Å²) < 4.78 is 4.74. The zero-order chi connectivity index (χ0) is 15.4. The molecule has 0 saturated carbocycles. The van der Waals surface area contributed by atoms with E-state index in [0.717, 1.165) is 24.1 Å². The largest absolute Gasteiger partial charge is 0.465 e. The minimum absolute atomic E-state index is 0.271. The van der Waals surface area contributed by atoms with Crippen molar-refractivity contribution in [2.45, 2.75) is 25.8 Å². The number of piperidine rings is 1. The molecular formula is C15H21N3O3. The van der Waals surface area contributed by atoms with Crippen LogP contribution in [0.25, 0.3) is 0 Å². The molecule has 3 N–H and O–H groups in total. The lowest BCUT2D eigenvalue weighted by molar-refractivity contribution is 0.0600. The highest BCUT2D eigenvalue weighted by Gasteiger charge is 2.21. The van der Waals surface area contributed by atoms with Crippen LogP contribution in [0.2, 0.25) is 0 Å². The number of likely N-dealkylation sites (tertiary alicyclic amines) is 1. The number of rotatable bonds is 3. The number of nitrogens with one attached hydrogen (secondary N) is 1. The van der Waals surface area contributed by atoms with Crippen molar-refractivity contribution in [3.8, 4) is 0 Å². The van der Waals surface area contributed by atoms with Gasteiger partial charge in [-0.3, -0.25) is 0 Å². The Morgan fingerprint density at radius 1 is 1.33 bits per heavy atom. The molecule has 0 spiro atoms. The molecule has 0 radical (unpaired) electrons. The molecule has 1 aliphatic rings. The van der Waals surface area contributed by atoms with Crippen LogP contribution >= 0.6 is 0 Å². The number of nitrogens with zero attached hydrogens (tertiary/aromatic N) is 1. The highest BCUT2D eigenvalue weighted by Crippen LogP contribution is 2.21. The van der Waals surface area contributed by atoms with E-state index in [1.807, 2.05) is 19.1 Å². The van der Waals surface area contributed by atoms with Crippen LogP contribution in [0.4, 0.5) is 10.5 Å². The first-order valence-electron chi connectivity index (χ1n) is 7.01. The Kier molecular flexibility index (Phi) is 4.67. The number of nitrogens with two attached hydrogens (primary N) is 1. The summed E-state index contributed by atoms with van der Waals surface area (Å²) in [5, 5.41) is 3.44. The van der Waals surface area contributed by atoms with Crippen LogP contribution in [0.5, 0.6) is 0 Å². The molecule has 1 fully saturated rings. The van der Waals surface area contributed by atoms with Gasteiger partial charge in [0.15, 0.2) is 0 Å². The standard InChI is InChI=1S/C15H21N3O3/c1-10-3-4-11(14(19)21-2)9-13(10)17-12-5-7-18(8-6-12)15(16)20/h3-4,9,12,17H,5-8H2,1-2H3,(H2,16,20). The molecule has 2 amide bonds. The summed E-state index contributed by atoms with van der Waals surface area (Å²) in [6.45, 7) is 3.30. The zero-order valence-electron chi connectivity index (χ0n) is 12.4. The maximum Gasteiger partial charge on any atom is 0.337 e. The van der Waals surface area contributed by atoms with Gasteiger partial charge in [0.25, 0.3) is 0 Å². The van der Waals surface area contributed by atoms with E-state index >= 15 is 0 Å². The molecule has 1 aliphatic heterocycles. The number of amides is 2. The first-order valence-corrected chi connectivity index (χ1v) is 7.01. The summed E-state index contributed by atoms with van der Waals surface area (Å²) in [6.07, 6.45) is 1.68. The molecule has 0 atom stereocenters. The van der Waals surface area contributed by atoms with Crippen molar-refractivity contribution in [1.82, 2.24) is 4.90 Å². The van der Waals surface area contributed by atoms with Gasteiger partial charge in [-0.2, -0.15) is 0 Å². The van der Waals surface area contributed by atoms with Crippen LogP contribution in [0.15, 0.2) is 18.2 Å². The van der Waals surface area contributed by atoms with E-state index in [-0.39, 0.29) is 18.0 Å². The van der Waals surface area contributed by atoms with Gasteiger partial charge >= 0.3 is 12.0 Å². The minimum Gasteiger partial charge on any atom is -0.465 e. The number of benzene rings is 1. The van der Waals surface area contributed by atoms with Crippen LogP contribution in [0.1, 0.15) is 28.8 Å². The Hall–Kier alpha value is -2.24. The molecule has 1 saturated heterocycles. The minimum atomic E-state index is -0.364. The fourth-order valence-electron chi connectivity index (χ4n) is 2.49. The number of primary amides is 1. The van der Waals surface area contributed by atoms with E-state index in [4.69, 9.17) is 10.5 Å². The number of anilines is 1. The number of esters is 1. The maximum absolute atomic E-state index is 11.6. The quantitative estimate of drug-likeness (QED) is 0.831. The molecule has 2 rings (SSSR count). The third-order valence-electron chi connectivity index (χ3n) is 3.82. The van der Waals surface area contributed by atoms with Crippen molar-refractivity contribution in [2.24, 2.45) is 5.73 Å². The summed E-state index contributed by atoms with van der Waals surface area (Å²) in [5.41, 5.74) is 7.80. The van der Waals surface area contributed by atoms with E-state index in [0.29, 0.717) is 18.7 Å². The topological polar surface area (TPSA) is 84.7 Å². The third-order valence-corrected chi connectivity index (χ3v) is 3.82. The van der Waals surface area contributed by atoms with Crippen molar-refractivity contribution in [3.05, 3.63) is 29.3 Å². The molecule has 1 heterocycles. The summed E-state index contributed by atoms with van der Waals surface area (Å²) >= 11 is 0. The zero-order valence-corrected chi connectivity index (χ0v) is 12.4. The normalized spacial score (nSPS) is 15.6. The second-order valence-corrected chi connectivity index (χ2v) is 5.27. The molecule has 1 aromatic rings. The number of methoxy groups -OCH3 is 1. The van der Waals surface area contributed by atoms with E-state index in [2.05, 4.69) is 5.32 Å². The number of carbonyl (C=O) groups excluding carboxylic acids is 2. The predicted octanol–water partition coefficient (Wildman–Crippen LogP) is 1.74.